The zero-order chi connectivity index (χ0) is 20.0. The van der Waals surface area contributed by atoms with E-state index in [4.69, 9.17) is 0 Å². The van der Waals surface area contributed by atoms with E-state index in [1.54, 1.807) is 16.7 Å². The third kappa shape index (κ3) is 5.52. The summed E-state index contributed by atoms with van der Waals surface area (Å²) in [6.07, 6.45) is 7.79. The maximum atomic E-state index is 12.6. The van der Waals surface area contributed by atoms with Gasteiger partial charge in [0.1, 0.15) is 0 Å². The third-order valence-electron chi connectivity index (χ3n) is 5.81. The average Bonchev–Trinajstić information content (AvgIpc) is 2.73. The first kappa shape index (κ1) is 21.2. The van der Waals surface area contributed by atoms with Gasteiger partial charge in [-0.05, 0) is 50.3 Å². The lowest BCUT2D eigenvalue weighted by Crippen LogP contribution is -2.51. The van der Waals surface area contributed by atoms with Crippen molar-refractivity contribution >= 4 is 15.9 Å². The van der Waals surface area contributed by atoms with Gasteiger partial charge in [-0.25, -0.2) is 12.7 Å². The maximum Gasteiger partial charge on any atom is 0.224 e. The standard InChI is InChI=1S/C20H32N4O3S/c1-2-13-28(26,27)24-11-7-19(8-12-24)23-10-4-6-18(16-23)20(25)22-15-17-5-3-9-21-14-17/h3,5,9,14,18-19H,2,4,6-8,10-13,15-16H2,1H3,(H,22,25). The highest BCUT2D eigenvalue weighted by Crippen LogP contribution is 2.25. The fourth-order valence-electron chi connectivity index (χ4n) is 4.26. The van der Waals surface area contributed by atoms with Crippen LogP contribution in [0.15, 0.2) is 24.5 Å². The van der Waals surface area contributed by atoms with Crippen molar-refractivity contribution < 1.29 is 13.2 Å². The quantitative estimate of drug-likeness (QED) is 0.741. The van der Waals surface area contributed by atoms with Crippen molar-refractivity contribution in [3.05, 3.63) is 30.1 Å². The molecule has 0 bridgehead atoms. The maximum absolute atomic E-state index is 12.6. The number of pyridine rings is 1. The van der Waals surface area contributed by atoms with Crippen molar-refractivity contribution in [1.29, 1.82) is 0 Å². The minimum absolute atomic E-state index is 0.00674. The molecule has 1 aromatic rings. The van der Waals surface area contributed by atoms with Crippen LogP contribution in [-0.2, 0) is 21.4 Å². The number of aromatic nitrogens is 1. The molecule has 0 aliphatic carbocycles. The van der Waals surface area contributed by atoms with Crippen LogP contribution < -0.4 is 5.32 Å². The van der Waals surface area contributed by atoms with Crippen molar-refractivity contribution in [1.82, 2.24) is 19.5 Å². The lowest BCUT2D eigenvalue weighted by Gasteiger charge is -2.41. The number of hydrogen-bond donors (Lipinski definition) is 1. The summed E-state index contributed by atoms with van der Waals surface area (Å²) in [5, 5.41) is 3.04. The summed E-state index contributed by atoms with van der Waals surface area (Å²) in [6.45, 7) is 5.38. The van der Waals surface area contributed by atoms with Crippen LogP contribution in [-0.4, -0.2) is 66.5 Å². The molecule has 1 aromatic heterocycles. The van der Waals surface area contributed by atoms with Crippen molar-refractivity contribution in [3.63, 3.8) is 0 Å². The smallest absolute Gasteiger partial charge is 0.224 e. The predicted molar refractivity (Wildman–Crippen MR) is 109 cm³/mol. The summed E-state index contributed by atoms with van der Waals surface area (Å²) in [4.78, 5) is 19.1. The van der Waals surface area contributed by atoms with E-state index in [0.29, 0.717) is 32.1 Å². The second-order valence-corrected chi connectivity index (χ2v) is 9.95. The SMILES string of the molecule is CCCS(=O)(=O)N1CCC(N2CCCC(C(=O)NCc3cccnc3)C2)CC1. The Labute approximate surface area is 168 Å². The Hall–Kier alpha value is -1.51. The van der Waals surface area contributed by atoms with E-state index in [9.17, 15) is 13.2 Å². The Morgan fingerprint density at radius 3 is 2.71 bits per heavy atom. The lowest BCUT2D eigenvalue weighted by molar-refractivity contribution is -0.127. The Kier molecular flexibility index (Phi) is 7.42. The molecular weight excluding hydrogens is 376 g/mol. The number of amides is 1. The van der Waals surface area contributed by atoms with Crippen LogP contribution in [0.4, 0.5) is 0 Å². The van der Waals surface area contributed by atoms with Gasteiger partial charge in [0, 0.05) is 44.6 Å². The molecule has 0 spiro atoms. The van der Waals surface area contributed by atoms with Crippen LogP contribution in [0.3, 0.4) is 0 Å². The summed E-state index contributed by atoms with van der Waals surface area (Å²) in [7, 11) is -3.10. The number of nitrogens with zero attached hydrogens (tertiary/aromatic N) is 3. The van der Waals surface area contributed by atoms with Gasteiger partial charge in [-0.1, -0.05) is 13.0 Å². The monoisotopic (exact) mass is 408 g/mol. The van der Waals surface area contributed by atoms with Gasteiger partial charge in [0.05, 0.1) is 11.7 Å². The fraction of sp³-hybridized carbons (Fsp3) is 0.700. The molecule has 156 valence electrons. The normalized spacial score (nSPS) is 22.8. The molecule has 0 aromatic carbocycles. The largest absolute Gasteiger partial charge is 0.352 e. The minimum Gasteiger partial charge on any atom is -0.352 e. The second-order valence-electron chi connectivity index (χ2n) is 7.86. The molecule has 8 heteroatoms. The van der Waals surface area contributed by atoms with Crippen LogP contribution in [0.25, 0.3) is 0 Å². The summed E-state index contributed by atoms with van der Waals surface area (Å²) in [5.74, 6) is 0.351. The summed E-state index contributed by atoms with van der Waals surface area (Å²) in [6, 6.07) is 4.21. The number of carbonyl (C=O) groups is 1. The van der Waals surface area contributed by atoms with Gasteiger partial charge < -0.3 is 5.32 Å². The lowest BCUT2D eigenvalue weighted by atomic mass is 9.93. The number of piperidine rings is 2. The molecule has 2 aliphatic heterocycles. The molecule has 1 N–H and O–H groups in total. The Bertz CT molecular complexity index is 733. The third-order valence-corrected chi connectivity index (χ3v) is 7.88. The van der Waals surface area contributed by atoms with Gasteiger partial charge in [-0.2, -0.15) is 0 Å². The molecule has 1 atom stereocenters. The Morgan fingerprint density at radius 1 is 1.25 bits per heavy atom. The van der Waals surface area contributed by atoms with E-state index in [2.05, 4.69) is 15.2 Å². The van der Waals surface area contributed by atoms with Crippen LogP contribution in [0.5, 0.6) is 0 Å². The molecule has 1 amide bonds. The second kappa shape index (κ2) is 9.80. The zero-order valence-electron chi connectivity index (χ0n) is 16.7. The van der Waals surface area contributed by atoms with Crippen LogP contribution in [0.1, 0.15) is 44.6 Å². The van der Waals surface area contributed by atoms with Gasteiger partial charge >= 0.3 is 0 Å². The van der Waals surface area contributed by atoms with Gasteiger partial charge in [0.25, 0.3) is 0 Å². The van der Waals surface area contributed by atoms with Crippen LogP contribution in [0.2, 0.25) is 0 Å². The van der Waals surface area contributed by atoms with Crippen LogP contribution >= 0.6 is 0 Å². The molecule has 0 saturated carbocycles. The van der Waals surface area contributed by atoms with Gasteiger partial charge in [0.15, 0.2) is 0 Å². The average molecular weight is 409 g/mol. The molecule has 28 heavy (non-hydrogen) atoms. The van der Waals surface area contributed by atoms with Crippen molar-refractivity contribution in [2.45, 2.75) is 51.6 Å². The molecule has 2 fully saturated rings. The highest BCUT2D eigenvalue weighted by Gasteiger charge is 2.33. The molecule has 2 aliphatic rings. The molecule has 2 saturated heterocycles. The zero-order valence-corrected chi connectivity index (χ0v) is 17.5. The van der Waals surface area contributed by atoms with Crippen molar-refractivity contribution in [2.24, 2.45) is 5.92 Å². The van der Waals surface area contributed by atoms with Crippen LogP contribution in [0, 0.1) is 5.92 Å². The number of sulfonamides is 1. The Morgan fingerprint density at radius 2 is 2.04 bits per heavy atom. The molecule has 1 unspecified atom stereocenters. The minimum atomic E-state index is -3.10. The van der Waals surface area contributed by atoms with Gasteiger partial charge in [-0.15, -0.1) is 0 Å². The molecule has 3 heterocycles. The fourth-order valence-corrected chi connectivity index (χ4v) is 5.80. The number of carbonyl (C=O) groups excluding carboxylic acids is 1. The van der Waals surface area contributed by atoms with Crippen molar-refractivity contribution in [3.8, 4) is 0 Å². The predicted octanol–water partition coefficient (Wildman–Crippen LogP) is 1.61. The Balaban J connectivity index is 1.48. The van der Waals surface area contributed by atoms with E-state index in [-0.39, 0.29) is 17.6 Å². The first-order chi connectivity index (χ1) is 13.5. The first-order valence-electron chi connectivity index (χ1n) is 10.4. The summed E-state index contributed by atoms with van der Waals surface area (Å²) in [5.41, 5.74) is 1.00. The van der Waals surface area contributed by atoms with E-state index >= 15 is 0 Å². The number of hydrogen-bond acceptors (Lipinski definition) is 5. The molecule has 3 rings (SSSR count). The van der Waals surface area contributed by atoms with E-state index in [1.165, 1.54) is 0 Å². The molecular formula is C20H32N4O3S. The van der Waals surface area contributed by atoms with Gasteiger partial charge in [0.2, 0.25) is 15.9 Å². The van der Waals surface area contributed by atoms with E-state index in [1.807, 2.05) is 19.1 Å². The summed E-state index contributed by atoms with van der Waals surface area (Å²) < 4.78 is 26.2. The summed E-state index contributed by atoms with van der Waals surface area (Å²) >= 11 is 0. The highest BCUT2D eigenvalue weighted by molar-refractivity contribution is 7.89. The first-order valence-corrected chi connectivity index (χ1v) is 12.0. The van der Waals surface area contributed by atoms with Gasteiger partial charge in [-0.3, -0.25) is 14.7 Å². The highest BCUT2D eigenvalue weighted by atomic mass is 32.2. The van der Waals surface area contributed by atoms with E-state index in [0.717, 1.165) is 44.3 Å². The molecule has 0 radical (unpaired) electrons. The topological polar surface area (TPSA) is 82.6 Å². The molecule has 7 nitrogen and oxygen atoms in total. The number of nitrogens with one attached hydrogen (secondary N) is 1. The van der Waals surface area contributed by atoms with E-state index < -0.39 is 10.0 Å². The number of likely N-dealkylation sites (tertiary alicyclic amines) is 1. The van der Waals surface area contributed by atoms with Crippen molar-refractivity contribution in [2.75, 3.05) is 31.9 Å². The number of rotatable bonds is 7.